The van der Waals surface area contributed by atoms with Gasteiger partial charge in [0.05, 0.1) is 34.0 Å². The molecule has 22 heavy (non-hydrogen) atoms. The van der Waals surface area contributed by atoms with Crippen LogP contribution in [0.3, 0.4) is 0 Å². The molecule has 0 aliphatic heterocycles. The molecule has 116 valence electrons. The Morgan fingerprint density at radius 2 is 2.27 bits per heavy atom. The summed E-state index contributed by atoms with van der Waals surface area (Å²) in [5, 5.41) is 17.5. The molecule has 2 rings (SSSR count). The third-order valence-corrected chi connectivity index (χ3v) is 3.64. The van der Waals surface area contributed by atoms with E-state index in [2.05, 4.69) is 26.3 Å². The topological polar surface area (TPSA) is 99.3 Å². The van der Waals surface area contributed by atoms with Crippen molar-refractivity contribution in [2.24, 2.45) is 0 Å². The fourth-order valence-electron chi connectivity index (χ4n) is 1.81. The molecular formula is C13H13BrN4O4. The Hall–Kier alpha value is -2.42. The number of nitrogens with zero attached hydrogens (tertiary/aromatic N) is 3. The van der Waals surface area contributed by atoms with Crippen molar-refractivity contribution in [3.8, 4) is 5.75 Å². The third kappa shape index (κ3) is 3.61. The van der Waals surface area contributed by atoms with Crippen molar-refractivity contribution in [3.63, 3.8) is 0 Å². The van der Waals surface area contributed by atoms with Gasteiger partial charge < -0.3 is 10.1 Å². The van der Waals surface area contributed by atoms with Crippen molar-refractivity contribution in [3.05, 3.63) is 44.7 Å². The highest BCUT2D eigenvalue weighted by atomic mass is 79.9. The zero-order valence-electron chi connectivity index (χ0n) is 11.9. The van der Waals surface area contributed by atoms with Crippen LogP contribution in [0.2, 0.25) is 0 Å². The molecule has 0 fully saturated rings. The highest BCUT2D eigenvalue weighted by Gasteiger charge is 2.14. The Balaban J connectivity index is 2.12. The molecule has 1 heterocycles. The monoisotopic (exact) mass is 368 g/mol. The quantitative estimate of drug-likeness (QED) is 0.645. The van der Waals surface area contributed by atoms with E-state index in [0.29, 0.717) is 5.69 Å². The van der Waals surface area contributed by atoms with E-state index in [1.54, 1.807) is 6.20 Å². The van der Waals surface area contributed by atoms with Crippen molar-refractivity contribution >= 4 is 33.2 Å². The molecule has 0 saturated heterocycles. The summed E-state index contributed by atoms with van der Waals surface area (Å²) >= 11 is 3.32. The van der Waals surface area contributed by atoms with Crippen LogP contribution in [-0.4, -0.2) is 27.7 Å². The van der Waals surface area contributed by atoms with Gasteiger partial charge in [-0.3, -0.25) is 19.6 Å². The van der Waals surface area contributed by atoms with Crippen molar-refractivity contribution < 1.29 is 14.5 Å². The van der Waals surface area contributed by atoms with Crippen LogP contribution in [-0.2, 0) is 11.3 Å². The van der Waals surface area contributed by atoms with Gasteiger partial charge in [0, 0.05) is 12.3 Å². The third-order valence-electron chi connectivity index (χ3n) is 2.86. The van der Waals surface area contributed by atoms with Crippen LogP contribution in [0.5, 0.6) is 5.75 Å². The number of rotatable bonds is 5. The number of carbonyl (C=O) groups excluding carboxylic acids is 1. The summed E-state index contributed by atoms with van der Waals surface area (Å²) in [5.74, 6) is -0.0949. The van der Waals surface area contributed by atoms with Crippen LogP contribution in [0.15, 0.2) is 28.9 Å². The molecular weight excluding hydrogens is 356 g/mol. The molecule has 8 nitrogen and oxygen atoms in total. The Bertz CT molecular complexity index is 709. The summed E-state index contributed by atoms with van der Waals surface area (Å²) in [6.45, 7) is 1.84. The van der Waals surface area contributed by atoms with Gasteiger partial charge in [-0.05, 0) is 28.9 Å². The van der Waals surface area contributed by atoms with E-state index in [1.165, 1.54) is 30.0 Å². The van der Waals surface area contributed by atoms with E-state index >= 15 is 0 Å². The fraction of sp³-hybridized carbons (Fsp3) is 0.231. The summed E-state index contributed by atoms with van der Waals surface area (Å²) in [7, 11) is 1.38. The minimum absolute atomic E-state index is 0.0204. The van der Waals surface area contributed by atoms with Crippen molar-refractivity contribution in [2.45, 2.75) is 13.5 Å². The number of nitrogens with one attached hydrogen (secondary N) is 1. The zero-order chi connectivity index (χ0) is 16.3. The molecule has 2 aromatic rings. The number of hydrogen-bond donors (Lipinski definition) is 1. The first-order valence-electron chi connectivity index (χ1n) is 6.22. The van der Waals surface area contributed by atoms with Gasteiger partial charge in [0.1, 0.15) is 12.3 Å². The number of aromatic nitrogens is 2. The van der Waals surface area contributed by atoms with Crippen molar-refractivity contribution in [1.29, 1.82) is 0 Å². The maximum Gasteiger partial charge on any atom is 0.273 e. The maximum atomic E-state index is 12.0. The second kappa shape index (κ2) is 6.56. The molecule has 9 heteroatoms. The maximum absolute atomic E-state index is 12.0. The van der Waals surface area contributed by atoms with Gasteiger partial charge in [-0.1, -0.05) is 0 Å². The molecule has 1 amide bonds. The first kappa shape index (κ1) is 16.0. The molecule has 0 spiro atoms. The van der Waals surface area contributed by atoms with E-state index < -0.39 is 4.92 Å². The Labute approximate surface area is 134 Å². The van der Waals surface area contributed by atoms with Crippen molar-refractivity contribution in [1.82, 2.24) is 9.78 Å². The molecule has 1 aromatic carbocycles. The van der Waals surface area contributed by atoms with Crippen LogP contribution in [0.25, 0.3) is 0 Å². The lowest BCUT2D eigenvalue weighted by molar-refractivity contribution is -0.384. The first-order chi connectivity index (χ1) is 10.4. The van der Waals surface area contributed by atoms with Gasteiger partial charge in [-0.15, -0.1) is 0 Å². The summed E-state index contributed by atoms with van der Waals surface area (Å²) in [5.41, 5.74) is 1.03. The number of ether oxygens (including phenoxy) is 1. The van der Waals surface area contributed by atoms with Crippen LogP contribution in [0.4, 0.5) is 11.4 Å². The summed E-state index contributed by atoms with van der Waals surface area (Å²) in [6, 6.07) is 3.98. The van der Waals surface area contributed by atoms with Gasteiger partial charge in [0.15, 0.2) is 0 Å². The lowest BCUT2D eigenvalue weighted by Gasteiger charge is -2.10. The van der Waals surface area contributed by atoms with Crippen molar-refractivity contribution in [2.75, 3.05) is 12.4 Å². The Kier molecular flexibility index (Phi) is 4.76. The zero-order valence-corrected chi connectivity index (χ0v) is 13.5. The number of carbonyl (C=O) groups is 1. The smallest absolute Gasteiger partial charge is 0.273 e. The van der Waals surface area contributed by atoms with E-state index in [0.717, 1.165) is 10.2 Å². The Morgan fingerprint density at radius 3 is 2.82 bits per heavy atom. The summed E-state index contributed by atoms with van der Waals surface area (Å²) in [6.07, 6.45) is 1.70. The lowest BCUT2D eigenvalue weighted by atomic mass is 10.2. The number of nitro benzene ring substituents is 1. The molecule has 0 atom stereocenters. The first-order valence-corrected chi connectivity index (χ1v) is 7.02. The number of benzene rings is 1. The molecule has 0 aliphatic rings. The molecule has 1 N–H and O–H groups in total. The normalized spacial score (nSPS) is 10.3. The SMILES string of the molecule is COc1cc([N+](=O)[O-])ccc1NC(=O)Cn1cc(Br)c(C)n1. The second-order valence-electron chi connectivity index (χ2n) is 4.45. The minimum atomic E-state index is -0.530. The van der Waals surface area contributed by atoms with E-state index in [1.807, 2.05) is 6.92 Å². The number of halogens is 1. The molecule has 0 unspecified atom stereocenters. The molecule has 0 bridgehead atoms. The van der Waals surface area contributed by atoms with Crippen LogP contribution in [0, 0.1) is 17.0 Å². The predicted molar refractivity (Wildman–Crippen MR) is 82.9 cm³/mol. The largest absolute Gasteiger partial charge is 0.494 e. The average Bonchev–Trinajstić information content (AvgIpc) is 2.77. The molecule has 0 saturated carbocycles. The van der Waals surface area contributed by atoms with Crippen LogP contribution < -0.4 is 10.1 Å². The van der Waals surface area contributed by atoms with Gasteiger partial charge in [0.2, 0.25) is 5.91 Å². The highest BCUT2D eigenvalue weighted by molar-refractivity contribution is 9.10. The van der Waals surface area contributed by atoms with Crippen LogP contribution in [0.1, 0.15) is 5.69 Å². The van der Waals surface area contributed by atoms with Gasteiger partial charge in [0.25, 0.3) is 5.69 Å². The fourth-order valence-corrected chi connectivity index (χ4v) is 2.12. The number of anilines is 1. The van der Waals surface area contributed by atoms with Gasteiger partial charge >= 0.3 is 0 Å². The number of aryl methyl sites for hydroxylation is 1. The van der Waals surface area contributed by atoms with Gasteiger partial charge in [-0.25, -0.2) is 0 Å². The second-order valence-corrected chi connectivity index (χ2v) is 5.30. The minimum Gasteiger partial charge on any atom is -0.494 e. The molecule has 0 radical (unpaired) electrons. The van der Waals surface area contributed by atoms with Gasteiger partial charge in [-0.2, -0.15) is 5.10 Å². The molecule has 0 aliphatic carbocycles. The predicted octanol–water partition coefficient (Wildman–Crippen LogP) is 2.51. The Morgan fingerprint density at radius 1 is 1.55 bits per heavy atom. The number of amides is 1. The summed E-state index contributed by atoms with van der Waals surface area (Å²) in [4.78, 5) is 22.2. The van der Waals surface area contributed by atoms with E-state index in [4.69, 9.17) is 4.74 Å². The van der Waals surface area contributed by atoms with E-state index in [9.17, 15) is 14.9 Å². The summed E-state index contributed by atoms with van der Waals surface area (Å²) < 4.78 is 7.37. The standard InChI is InChI=1S/C13H13BrN4O4/c1-8-10(14)6-17(16-8)7-13(19)15-11-4-3-9(18(20)21)5-12(11)22-2/h3-6H,7H2,1-2H3,(H,15,19). The average molecular weight is 369 g/mol. The van der Waals surface area contributed by atoms with Crippen LogP contribution >= 0.6 is 15.9 Å². The van der Waals surface area contributed by atoms with E-state index in [-0.39, 0.29) is 23.9 Å². The number of methoxy groups -OCH3 is 1. The number of non-ortho nitro benzene ring substituents is 1. The highest BCUT2D eigenvalue weighted by Crippen LogP contribution is 2.29. The lowest BCUT2D eigenvalue weighted by Crippen LogP contribution is -2.19. The number of nitro groups is 1. The molecule has 1 aromatic heterocycles. The number of hydrogen-bond acceptors (Lipinski definition) is 5.